The predicted octanol–water partition coefficient (Wildman–Crippen LogP) is 1.41. The third-order valence-electron chi connectivity index (χ3n) is 5.09. The maximum Gasteiger partial charge on any atom is 0.315 e. The molecule has 2 saturated heterocycles. The average Bonchev–Trinajstić information content (AvgIpc) is 2.92. The number of aliphatic carboxylic acids is 1. The number of nitrogens with one attached hydrogen (secondary N) is 2. The van der Waals surface area contributed by atoms with Crippen molar-refractivity contribution < 1.29 is 14.7 Å². The zero-order valence-electron chi connectivity index (χ0n) is 13.0. The summed E-state index contributed by atoms with van der Waals surface area (Å²) in [6.07, 6.45) is 4.97. The molecule has 3 N–H and O–H groups in total. The van der Waals surface area contributed by atoms with Crippen LogP contribution in [0.2, 0.25) is 0 Å². The molecule has 120 valence electrons. The highest BCUT2D eigenvalue weighted by Gasteiger charge is 2.34. The maximum absolute atomic E-state index is 12.0. The van der Waals surface area contributed by atoms with Crippen molar-refractivity contribution in [2.45, 2.75) is 58.0 Å². The summed E-state index contributed by atoms with van der Waals surface area (Å²) in [7, 11) is 0. The van der Waals surface area contributed by atoms with Gasteiger partial charge >= 0.3 is 12.0 Å². The Morgan fingerprint density at radius 1 is 1.33 bits per heavy atom. The minimum atomic E-state index is -0.897. The Balaban J connectivity index is 1.76. The van der Waals surface area contributed by atoms with Crippen LogP contribution in [0, 0.1) is 5.41 Å². The average molecular weight is 297 g/mol. The number of hydrogen-bond donors (Lipinski definition) is 3. The number of amides is 2. The molecule has 2 rings (SSSR count). The first-order chi connectivity index (χ1) is 9.94. The van der Waals surface area contributed by atoms with E-state index in [1.807, 2.05) is 6.92 Å². The SMILES string of the molecule is CCC(C)(CNC(=O)NC1CCN2CCCC2C1)C(=O)O. The molecule has 6 heteroatoms. The Hall–Kier alpha value is -1.30. The van der Waals surface area contributed by atoms with Gasteiger partial charge in [-0.25, -0.2) is 4.79 Å². The van der Waals surface area contributed by atoms with E-state index >= 15 is 0 Å². The Bertz CT molecular complexity index is 402. The molecule has 0 aromatic heterocycles. The number of hydrogen-bond acceptors (Lipinski definition) is 3. The van der Waals surface area contributed by atoms with Crippen LogP contribution in [0.4, 0.5) is 4.79 Å². The van der Waals surface area contributed by atoms with Crippen LogP contribution in [-0.2, 0) is 4.79 Å². The summed E-state index contributed by atoms with van der Waals surface area (Å²) < 4.78 is 0. The van der Waals surface area contributed by atoms with Crippen LogP contribution in [0.15, 0.2) is 0 Å². The molecule has 2 fully saturated rings. The first kappa shape index (κ1) is 16.1. The van der Waals surface area contributed by atoms with Crippen LogP contribution in [0.3, 0.4) is 0 Å². The van der Waals surface area contributed by atoms with Gasteiger partial charge in [-0.1, -0.05) is 6.92 Å². The van der Waals surface area contributed by atoms with Crippen molar-refractivity contribution in [3.63, 3.8) is 0 Å². The quantitative estimate of drug-likeness (QED) is 0.716. The van der Waals surface area contributed by atoms with Crippen LogP contribution in [-0.4, -0.2) is 53.7 Å². The van der Waals surface area contributed by atoms with Crippen LogP contribution < -0.4 is 10.6 Å². The lowest BCUT2D eigenvalue weighted by Crippen LogP contribution is -2.51. The summed E-state index contributed by atoms with van der Waals surface area (Å²) in [4.78, 5) is 25.7. The molecular weight excluding hydrogens is 270 g/mol. The number of piperidine rings is 1. The van der Waals surface area contributed by atoms with Crippen molar-refractivity contribution in [1.29, 1.82) is 0 Å². The molecular formula is C15H27N3O3. The van der Waals surface area contributed by atoms with Gasteiger partial charge in [0.25, 0.3) is 0 Å². The maximum atomic E-state index is 12.0. The highest BCUT2D eigenvalue weighted by Crippen LogP contribution is 2.26. The molecule has 0 aromatic rings. The van der Waals surface area contributed by atoms with Crippen LogP contribution >= 0.6 is 0 Å². The zero-order valence-corrected chi connectivity index (χ0v) is 13.0. The number of nitrogens with zero attached hydrogens (tertiary/aromatic N) is 1. The van der Waals surface area contributed by atoms with Crippen molar-refractivity contribution in [1.82, 2.24) is 15.5 Å². The summed E-state index contributed by atoms with van der Waals surface area (Å²) in [5.41, 5.74) is -0.897. The van der Waals surface area contributed by atoms with E-state index in [0.717, 1.165) is 19.4 Å². The van der Waals surface area contributed by atoms with E-state index in [-0.39, 0.29) is 18.6 Å². The zero-order chi connectivity index (χ0) is 15.5. The predicted molar refractivity (Wildman–Crippen MR) is 80.2 cm³/mol. The van der Waals surface area contributed by atoms with E-state index in [0.29, 0.717) is 12.5 Å². The number of rotatable bonds is 5. The van der Waals surface area contributed by atoms with Gasteiger partial charge in [0.1, 0.15) is 0 Å². The topological polar surface area (TPSA) is 81.7 Å². The van der Waals surface area contributed by atoms with E-state index in [1.54, 1.807) is 6.92 Å². The van der Waals surface area contributed by atoms with E-state index < -0.39 is 11.4 Å². The molecule has 21 heavy (non-hydrogen) atoms. The number of carbonyl (C=O) groups excluding carboxylic acids is 1. The van der Waals surface area contributed by atoms with E-state index in [1.165, 1.54) is 19.4 Å². The molecule has 2 heterocycles. The van der Waals surface area contributed by atoms with Crippen LogP contribution in [0.5, 0.6) is 0 Å². The first-order valence-corrected chi connectivity index (χ1v) is 7.96. The first-order valence-electron chi connectivity index (χ1n) is 7.96. The van der Waals surface area contributed by atoms with Gasteiger partial charge in [-0.05, 0) is 45.6 Å². The molecule has 2 amide bonds. The van der Waals surface area contributed by atoms with Crippen molar-refractivity contribution >= 4 is 12.0 Å². The fourth-order valence-electron chi connectivity index (χ4n) is 3.22. The second-order valence-corrected chi connectivity index (χ2v) is 6.60. The number of carboxylic acid groups (broad SMARTS) is 1. The van der Waals surface area contributed by atoms with Gasteiger partial charge in [0.05, 0.1) is 5.41 Å². The summed E-state index contributed by atoms with van der Waals surface area (Å²) in [6, 6.07) is 0.582. The van der Waals surface area contributed by atoms with Gasteiger partial charge in [-0.15, -0.1) is 0 Å². The molecule has 0 aliphatic carbocycles. The van der Waals surface area contributed by atoms with Gasteiger partial charge in [0.2, 0.25) is 0 Å². The lowest BCUT2D eigenvalue weighted by Gasteiger charge is -2.35. The molecule has 0 spiro atoms. The lowest BCUT2D eigenvalue weighted by atomic mass is 9.88. The second kappa shape index (κ2) is 6.64. The lowest BCUT2D eigenvalue weighted by molar-refractivity contribution is -0.147. The molecule has 3 atom stereocenters. The second-order valence-electron chi connectivity index (χ2n) is 6.60. The number of carboxylic acids is 1. The smallest absolute Gasteiger partial charge is 0.315 e. The highest BCUT2D eigenvalue weighted by atomic mass is 16.4. The van der Waals surface area contributed by atoms with Crippen LogP contribution in [0.25, 0.3) is 0 Å². The van der Waals surface area contributed by atoms with Crippen LogP contribution in [0.1, 0.15) is 46.0 Å². The number of fused-ring (bicyclic) bond motifs is 1. The van der Waals surface area contributed by atoms with E-state index in [9.17, 15) is 14.7 Å². The molecule has 6 nitrogen and oxygen atoms in total. The standard InChI is InChI=1S/C15H27N3O3/c1-3-15(2,13(19)20)10-16-14(21)17-11-6-8-18-7-4-5-12(18)9-11/h11-12H,3-10H2,1-2H3,(H,19,20)(H2,16,17,21). The Morgan fingerprint density at radius 2 is 2.10 bits per heavy atom. The third kappa shape index (κ3) is 3.87. The monoisotopic (exact) mass is 297 g/mol. The molecule has 2 aliphatic heterocycles. The highest BCUT2D eigenvalue weighted by molar-refractivity contribution is 5.77. The minimum Gasteiger partial charge on any atom is -0.481 e. The Labute approximate surface area is 126 Å². The fraction of sp³-hybridized carbons (Fsp3) is 0.867. The molecule has 3 unspecified atom stereocenters. The van der Waals surface area contributed by atoms with Gasteiger partial charge in [-0.3, -0.25) is 4.79 Å². The Morgan fingerprint density at radius 3 is 2.76 bits per heavy atom. The minimum absolute atomic E-state index is 0.160. The van der Waals surface area contributed by atoms with Crippen molar-refractivity contribution in [2.24, 2.45) is 5.41 Å². The molecule has 0 bridgehead atoms. The Kier molecular flexibility index (Phi) is 5.08. The van der Waals surface area contributed by atoms with E-state index in [2.05, 4.69) is 15.5 Å². The number of carbonyl (C=O) groups is 2. The third-order valence-corrected chi connectivity index (χ3v) is 5.09. The molecule has 0 aromatic carbocycles. The van der Waals surface area contributed by atoms with Gasteiger partial charge in [0, 0.05) is 25.2 Å². The van der Waals surface area contributed by atoms with Crippen molar-refractivity contribution in [2.75, 3.05) is 19.6 Å². The van der Waals surface area contributed by atoms with E-state index in [4.69, 9.17) is 0 Å². The van der Waals surface area contributed by atoms with Gasteiger partial charge < -0.3 is 20.6 Å². The van der Waals surface area contributed by atoms with Gasteiger partial charge in [0.15, 0.2) is 0 Å². The normalized spacial score (nSPS) is 28.5. The number of urea groups is 1. The van der Waals surface area contributed by atoms with Gasteiger partial charge in [-0.2, -0.15) is 0 Å². The fourth-order valence-corrected chi connectivity index (χ4v) is 3.22. The summed E-state index contributed by atoms with van der Waals surface area (Å²) in [5.74, 6) is -0.871. The van der Waals surface area contributed by atoms with Crippen molar-refractivity contribution in [3.8, 4) is 0 Å². The molecule has 0 saturated carbocycles. The molecule has 2 aliphatic rings. The summed E-state index contributed by atoms with van der Waals surface area (Å²) >= 11 is 0. The largest absolute Gasteiger partial charge is 0.481 e. The van der Waals surface area contributed by atoms with Crippen molar-refractivity contribution in [3.05, 3.63) is 0 Å². The summed E-state index contributed by atoms with van der Waals surface area (Å²) in [5, 5.41) is 14.9. The molecule has 0 radical (unpaired) electrons. The summed E-state index contributed by atoms with van der Waals surface area (Å²) in [6.45, 7) is 5.89.